The van der Waals surface area contributed by atoms with Gasteiger partial charge in [0.25, 0.3) is 0 Å². The number of likely N-dealkylation sites (N-methyl/N-ethyl adjacent to an activating group) is 1. The maximum Gasteiger partial charge on any atom is 0.144 e. The zero-order chi connectivity index (χ0) is 33.5. The van der Waals surface area contributed by atoms with E-state index in [4.69, 9.17) is 10.1 Å². The van der Waals surface area contributed by atoms with Gasteiger partial charge in [-0.15, -0.1) is 0 Å². The molecule has 2 saturated heterocycles. The lowest BCUT2D eigenvalue weighted by atomic mass is 9.98. The predicted molar refractivity (Wildman–Crippen MR) is 191 cm³/mol. The van der Waals surface area contributed by atoms with Gasteiger partial charge in [-0.05, 0) is 50.2 Å². The summed E-state index contributed by atoms with van der Waals surface area (Å²) in [4.78, 5) is 20.7. The number of anilines is 5. The Morgan fingerprint density at radius 2 is 1.69 bits per heavy atom. The van der Waals surface area contributed by atoms with Crippen molar-refractivity contribution >= 4 is 40.5 Å². The van der Waals surface area contributed by atoms with Gasteiger partial charge in [-0.2, -0.15) is 0 Å². The molecule has 4 aromatic rings. The first-order valence-corrected chi connectivity index (χ1v) is 16.3. The number of ether oxygens (including phenoxy) is 1. The number of pyridine rings is 1. The van der Waals surface area contributed by atoms with E-state index in [2.05, 4.69) is 58.7 Å². The Labute approximate surface area is 281 Å². The largest absolute Gasteiger partial charge is 0.494 e. The van der Waals surface area contributed by atoms with Gasteiger partial charge in [0.05, 0.1) is 18.5 Å². The highest BCUT2D eigenvalue weighted by Gasteiger charge is 2.28. The molecule has 4 N–H and O–H groups in total. The van der Waals surface area contributed by atoms with Crippen molar-refractivity contribution in [2.45, 2.75) is 18.9 Å². The van der Waals surface area contributed by atoms with E-state index in [9.17, 15) is 4.39 Å². The molecule has 0 unspecified atom stereocenters. The minimum absolute atomic E-state index is 0.333. The molecule has 2 aliphatic rings. The zero-order valence-electron chi connectivity index (χ0n) is 27.7. The number of piperazine rings is 1. The van der Waals surface area contributed by atoms with Gasteiger partial charge < -0.3 is 35.9 Å². The van der Waals surface area contributed by atoms with Gasteiger partial charge in [-0.1, -0.05) is 12.1 Å². The smallest absolute Gasteiger partial charge is 0.144 e. The maximum atomic E-state index is 14.4. The molecule has 0 spiro atoms. The molecule has 0 amide bonds. The quantitative estimate of drug-likeness (QED) is 0.153. The van der Waals surface area contributed by atoms with Crippen LogP contribution in [0.2, 0.25) is 0 Å². The summed E-state index contributed by atoms with van der Waals surface area (Å²) in [5.41, 5.74) is 5.08. The molecule has 0 aliphatic carbocycles. The second-order valence-electron chi connectivity index (χ2n) is 12.1. The van der Waals surface area contributed by atoms with Crippen LogP contribution in [-0.4, -0.2) is 97.5 Å². The lowest BCUT2D eigenvalue weighted by Crippen LogP contribution is -2.52. The molecule has 250 valence electrons. The number of rotatable bonds is 11. The molecule has 2 fully saturated rings. The highest BCUT2D eigenvalue weighted by atomic mass is 19.1. The van der Waals surface area contributed by atoms with Crippen molar-refractivity contribution < 1.29 is 9.13 Å². The molecule has 11 nitrogen and oxygen atoms in total. The van der Waals surface area contributed by atoms with E-state index >= 15 is 0 Å². The van der Waals surface area contributed by atoms with Gasteiger partial charge in [-0.25, -0.2) is 14.4 Å². The van der Waals surface area contributed by atoms with Gasteiger partial charge in [0, 0.05) is 111 Å². The van der Waals surface area contributed by atoms with E-state index in [1.807, 2.05) is 19.3 Å². The summed E-state index contributed by atoms with van der Waals surface area (Å²) in [7, 11) is 5.70. The fourth-order valence-corrected chi connectivity index (χ4v) is 6.44. The van der Waals surface area contributed by atoms with Crippen LogP contribution >= 0.6 is 0 Å². The summed E-state index contributed by atoms with van der Waals surface area (Å²) in [6, 6.07) is 16.6. The summed E-state index contributed by atoms with van der Waals surface area (Å²) in [6.07, 6.45) is 8.51. The van der Waals surface area contributed by atoms with E-state index in [-0.39, 0.29) is 5.82 Å². The Hall–Kier alpha value is -5.07. The molecule has 4 heterocycles. The SMILES string of the molecule is CN/C=C(\C=N)c1cc(Nc2cc(Nc3ccnc(-c4ccccc4F)c3)ncn2)c(OC)cc1N1CCC(N2CCN(C)CC2)CC1. The monoisotopic (exact) mass is 650 g/mol. The number of benzene rings is 2. The van der Waals surface area contributed by atoms with Crippen LogP contribution in [0.3, 0.4) is 0 Å². The summed E-state index contributed by atoms with van der Waals surface area (Å²) >= 11 is 0. The molecule has 2 aliphatic heterocycles. The first-order chi connectivity index (χ1) is 23.4. The summed E-state index contributed by atoms with van der Waals surface area (Å²) in [6.45, 7) is 6.36. The molecule has 48 heavy (non-hydrogen) atoms. The third-order valence-electron chi connectivity index (χ3n) is 9.06. The highest BCUT2D eigenvalue weighted by Crippen LogP contribution is 2.39. The second-order valence-corrected chi connectivity index (χ2v) is 12.1. The number of nitrogens with zero attached hydrogens (tertiary/aromatic N) is 6. The third kappa shape index (κ3) is 7.56. The highest BCUT2D eigenvalue weighted by molar-refractivity contribution is 6.11. The molecule has 12 heteroatoms. The predicted octanol–water partition coefficient (Wildman–Crippen LogP) is 5.60. The normalized spacial score (nSPS) is 16.4. The van der Waals surface area contributed by atoms with Gasteiger partial charge in [-0.3, -0.25) is 9.88 Å². The molecule has 0 atom stereocenters. The van der Waals surface area contributed by atoms with Crippen LogP contribution < -0.4 is 25.6 Å². The summed E-state index contributed by atoms with van der Waals surface area (Å²) in [5.74, 6) is 1.43. The van der Waals surface area contributed by atoms with E-state index in [1.54, 1.807) is 49.7 Å². The molecular weight excluding hydrogens is 607 g/mol. The summed E-state index contributed by atoms with van der Waals surface area (Å²) in [5, 5.41) is 18.0. The van der Waals surface area contributed by atoms with Crippen molar-refractivity contribution in [1.29, 1.82) is 5.41 Å². The molecular formula is C36H43FN10O. The maximum absolute atomic E-state index is 14.4. The molecule has 2 aromatic carbocycles. The van der Waals surface area contributed by atoms with Crippen LogP contribution in [-0.2, 0) is 0 Å². The average Bonchev–Trinajstić information content (AvgIpc) is 3.11. The van der Waals surface area contributed by atoms with Crippen LogP contribution in [0.25, 0.3) is 16.8 Å². The first-order valence-electron chi connectivity index (χ1n) is 16.3. The number of hydrogen-bond acceptors (Lipinski definition) is 11. The van der Waals surface area contributed by atoms with E-state index < -0.39 is 0 Å². The van der Waals surface area contributed by atoms with Gasteiger partial charge in [0.1, 0.15) is 29.5 Å². The molecule has 0 bridgehead atoms. The number of aromatic nitrogens is 3. The van der Waals surface area contributed by atoms with E-state index in [0.717, 1.165) is 68.9 Å². The average molecular weight is 651 g/mol. The van der Waals surface area contributed by atoms with Crippen molar-refractivity contribution in [2.75, 3.05) is 76.0 Å². The van der Waals surface area contributed by atoms with E-state index in [0.29, 0.717) is 46.1 Å². The van der Waals surface area contributed by atoms with E-state index in [1.165, 1.54) is 18.6 Å². The molecule has 0 saturated carbocycles. The third-order valence-corrected chi connectivity index (χ3v) is 9.06. The fourth-order valence-electron chi connectivity index (χ4n) is 6.44. The Morgan fingerprint density at radius 3 is 2.40 bits per heavy atom. The number of methoxy groups -OCH3 is 1. The Balaban J connectivity index is 1.23. The number of piperidine rings is 1. The minimum Gasteiger partial charge on any atom is -0.494 e. The van der Waals surface area contributed by atoms with Gasteiger partial charge >= 0.3 is 0 Å². The zero-order valence-corrected chi connectivity index (χ0v) is 27.7. The van der Waals surface area contributed by atoms with Gasteiger partial charge in [0.15, 0.2) is 0 Å². The van der Waals surface area contributed by atoms with Crippen LogP contribution in [0, 0.1) is 11.2 Å². The molecule has 2 aromatic heterocycles. The van der Waals surface area contributed by atoms with Crippen molar-refractivity contribution in [2.24, 2.45) is 0 Å². The van der Waals surface area contributed by atoms with Crippen molar-refractivity contribution in [3.8, 4) is 17.0 Å². The summed E-state index contributed by atoms with van der Waals surface area (Å²) < 4.78 is 20.3. The van der Waals surface area contributed by atoms with Crippen LogP contribution in [0.5, 0.6) is 5.75 Å². The van der Waals surface area contributed by atoms with Crippen molar-refractivity contribution in [1.82, 2.24) is 30.1 Å². The Morgan fingerprint density at radius 1 is 0.938 bits per heavy atom. The topological polar surface area (TPSA) is 118 Å². The van der Waals surface area contributed by atoms with Crippen LogP contribution in [0.4, 0.5) is 33.1 Å². The standard InChI is InChI=1S/C36H43FN10O/c1-39-23-25(22-38)29-19-32(34(48-3)20-33(29)47-12-9-27(10-13-47)46-16-14-45(2)15-17-46)44-36-21-35(41-24-42-36)43-26-8-11-40-31(18-26)28-6-4-5-7-30(28)37/h4-8,11,18-24,27,38-39H,9-10,12-17H2,1-3H3,(H2,40,41,42,43,44)/b25-23+,38-22?. The number of nitrogens with one attached hydrogen (secondary N) is 4. The number of allylic oxidation sites excluding steroid dienone is 1. The van der Waals surface area contributed by atoms with Crippen molar-refractivity contribution in [3.63, 3.8) is 0 Å². The number of halogens is 1. The minimum atomic E-state index is -0.333. The molecule has 0 radical (unpaired) electrons. The van der Waals surface area contributed by atoms with Gasteiger partial charge in [0.2, 0.25) is 0 Å². The lowest BCUT2D eigenvalue weighted by Gasteiger charge is -2.43. The first kappa shape index (κ1) is 32.9. The Bertz CT molecular complexity index is 1750. The second kappa shape index (κ2) is 15.2. The fraction of sp³-hybridized carbons (Fsp3) is 0.333. The molecule has 6 rings (SSSR count). The Kier molecular flexibility index (Phi) is 10.4. The van der Waals surface area contributed by atoms with Crippen LogP contribution in [0.15, 0.2) is 73.3 Å². The lowest BCUT2D eigenvalue weighted by molar-refractivity contribution is 0.0982. The number of hydrogen-bond donors (Lipinski definition) is 4. The van der Waals surface area contributed by atoms with Crippen LogP contribution in [0.1, 0.15) is 18.4 Å². The van der Waals surface area contributed by atoms with Crippen molar-refractivity contribution in [3.05, 3.63) is 84.7 Å².